The smallest absolute Gasteiger partial charge is 0.200 e. The highest BCUT2D eigenvalue weighted by Crippen LogP contribution is 2.09. The van der Waals surface area contributed by atoms with E-state index in [-0.39, 0.29) is 10.8 Å². The van der Waals surface area contributed by atoms with Gasteiger partial charge in [-0.25, -0.2) is 4.83 Å². The zero-order valence-corrected chi connectivity index (χ0v) is 10.5. The molecule has 4 nitrogen and oxygen atoms in total. The molecule has 0 saturated carbocycles. The third-order valence-electron chi connectivity index (χ3n) is 1.88. The molecule has 0 aliphatic carbocycles. The molecule has 0 atom stereocenters. The minimum absolute atomic E-state index is 0.209. The molecule has 1 aromatic carbocycles. The van der Waals surface area contributed by atoms with Crippen LogP contribution in [0.4, 0.5) is 0 Å². The molecule has 1 rings (SSSR count). The van der Waals surface area contributed by atoms with Gasteiger partial charge in [0.25, 0.3) is 10.0 Å². The van der Waals surface area contributed by atoms with Gasteiger partial charge >= 0.3 is 0 Å². The Bertz CT molecular complexity index is 461. The van der Waals surface area contributed by atoms with Crippen molar-refractivity contribution in [2.24, 2.45) is 11.0 Å². The molecule has 16 heavy (non-hydrogen) atoms. The summed E-state index contributed by atoms with van der Waals surface area (Å²) in [4.78, 5) is 2.39. The van der Waals surface area contributed by atoms with E-state index in [1.165, 1.54) is 0 Å². The number of hydrogen-bond donors (Lipinski definition) is 1. The molecule has 0 aliphatic heterocycles. The fourth-order valence-corrected chi connectivity index (χ4v) is 1.82. The van der Waals surface area contributed by atoms with Crippen molar-refractivity contribution in [3.05, 3.63) is 29.8 Å². The minimum Gasteiger partial charge on any atom is -0.200 e. The zero-order chi connectivity index (χ0) is 12.2. The quantitative estimate of drug-likeness (QED) is 0.645. The highest BCUT2D eigenvalue weighted by atomic mass is 32.2. The predicted octanol–water partition coefficient (Wildman–Crippen LogP) is 1.92. The largest absolute Gasteiger partial charge is 0.276 e. The predicted molar refractivity (Wildman–Crippen MR) is 64.8 cm³/mol. The van der Waals surface area contributed by atoms with Crippen molar-refractivity contribution in [2.75, 3.05) is 0 Å². The van der Waals surface area contributed by atoms with Gasteiger partial charge in [0.05, 0.1) is 4.90 Å². The zero-order valence-electron chi connectivity index (χ0n) is 9.64. The van der Waals surface area contributed by atoms with E-state index in [1.54, 1.807) is 30.5 Å². The molecule has 0 spiro atoms. The van der Waals surface area contributed by atoms with Crippen LogP contribution in [-0.2, 0) is 10.0 Å². The Labute approximate surface area is 96.4 Å². The molecule has 0 heterocycles. The number of nitrogens with zero attached hydrogens (tertiary/aromatic N) is 1. The van der Waals surface area contributed by atoms with E-state index in [9.17, 15) is 8.42 Å². The molecule has 88 valence electrons. The number of benzene rings is 1. The molecule has 0 aliphatic rings. The lowest BCUT2D eigenvalue weighted by molar-refractivity contribution is 0.584. The summed E-state index contributed by atoms with van der Waals surface area (Å²) >= 11 is 0. The van der Waals surface area contributed by atoms with Crippen LogP contribution in [0.2, 0.25) is 0 Å². The van der Waals surface area contributed by atoms with Gasteiger partial charge < -0.3 is 0 Å². The van der Waals surface area contributed by atoms with Crippen LogP contribution in [0.15, 0.2) is 34.3 Å². The number of aryl methyl sites for hydroxylation is 1. The third-order valence-corrected chi connectivity index (χ3v) is 3.12. The Hall–Kier alpha value is -1.36. The summed E-state index contributed by atoms with van der Waals surface area (Å²) in [6.07, 6.45) is 1.55. The van der Waals surface area contributed by atoms with Crippen LogP contribution in [0.25, 0.3) is 0 Å². The topological polar surface area (TPSA) is 58.5 Å². The van der Waals surface area contributed by atoms with Crippen LogP contribution in [0.5, 0.6) is 0 Å². The van der Waals surface area contributed by atoms with Gasteiger partial charge in [-0.15, -0.1) is 0 Å². The molecule has 0 aromatic heterocycles. The van der Waals surface area contributed by atoms with E-state index in [0.29, 0.717) is 0 Å². The molecular weight excluding hydrogens is 224 g/mol. The van der Waals surface area contributed by atoms with Gasteiger partial charge in [0.15, 0.2) is 0 Å². The summed E-state index contributed by atoms with van der Waals surface area (Å²) in [7, 11) is -3.52. The van der Waals surface area contributed by atoms with E-state index in [1.807, 2.05) is 20.8 Å². The Balaban J connectivity index is 2.82. The molecule has 0 fully saturated rings. The van der Waals surface area contributed by atoms with Gasteiger partial charge in [-0.1, -0.05) is 31.5 Å². The number of rotatable bonds is 4. The lowest BCUT2D eigenvalue weighted by Crippen LogP contribution is -2.18. The van der Waals surface area contributed by atoms with Crippen molar-refractivity contribution in [1.82, 2.24) is 4.83 Å². The second kappa shape index (κ2) is 5.12. The van der Waals surface area contributed by atoms with E-state index in [4.69, 9.17) is 0 Å². The van der Waals surface area contributed by atoms with Crippen LogP contribution < -0.4 is 4.83 Å². The number of sulfonamides is 1. The second-order valence-electron chi connectivity index (χ2n) is 3.93. The van der Waals surface area contributed by atoms with Gasteiger partial charge in [0.2, 0.25) is 0 Å². The summed E-state index contributed by atoms with van der Waals surface area (Å²) in [5.41, 5.74) is 1.02. The lowest BCUT2D eigenvalue weighted by atomic mass is 10.2. The monoisotopic (exact) mass is 240 g/mol. The summed E-state index contributed by atoms with van der Waals surface area (Å²) in [6.45, 7) is 5.74. The molecule has 5 heteroatoms. The van der Waals surface area contributed by atoms with Crippen LogP contribution in [0.3, 0.4) is 0 Å². The number of nitrogens with one attached hydrogen (secondary N) is 1. The molecular formula is C11H16N2O2S. The van der Waals surface area contributed by atoms with Crippen LogP contribution >= 0.6 is 0 Å². The lowest BCUT2D eigenvalue weighted by Gasteiger charge is -2.03. The van der Waals surface area contributed by atoms with Crippen LogP contribution in [0.1, 0.15) is 19.4 Å². The van der Waals surface area contributed by atoms with Crippen molar-refractivity contribution >= 4 is 16.2 Å². The summed E-state index contributed by atoms with van der Waals surface area (Å²) < 4.78 is 23.4. The fraction of sp³-hybridized carbons (Fsp3) is 0.364. The molecule has 0 amide bonds. The number of hydrazone groups is 1. The second-order valence-corrected chi connectivity index (χ2v) is 5.59. The highest BCUT2D eigenvalue weighted by Gasteiger charge is 2.11. The maximum absolute atomic E-state index is 11.7. The van der Waals surface area contributed by atoms with E-state index >= 15 is 0 Å². The molecule has 0 radical (unpaired) electrons. The molecule has 1 aromatic rings. The molecule has 0 unspecified atom stereocenters. The Morgan fingerprint density at radius 3 is 2.31 bits per heavy atom. The first-order valence-electron chi connectivity index (χ1n) is 5.03. The minimum atomic E-state index is -3.52. The van der Waals surface area contributed by atoms with Gasteiger partial charge in [-0.05, 0) is 25.0 Å². The van der Waals surface area contributed by atoms with Crippen molar-refractivity contribution in [3.8, 4) is 0 Å². The van der Waals surface area contributed by atoms with Crippen molar-refractivity contribution in [2.45, 2.75) is 25.7 Å². The summed E-state index contributed by atoms with van der Waals surface area (Å²) in [6, 6.07) is 6.62. The van der Waals surface area contributed by atoms with Crippen molar-refractivity contribution in [1.29, 1.82) is 0 Å². The molecule has 1 N–H and O–H groups in total. The molecule has 0 bridgehead atoms. The maximum atomic E-state index is 11.7. The molecule has 0 saturated heterocycles. The fourth-order valence-electron chi connectivity index (χ4n) is 1.02. The van der Waals surface area contributed by atoms with Gasteiger partial charge in [-0.3, -0.25) is 0 Å². The first kappa shape index (κ1) is 12.7. The first-order valence-corrected chi connectivity index (χ1v) is 6.52. The number of hydrogen-bond acceptors (Lipinski definition) is 3. The van der Waals surface area contributed by atoms with E-state index in [0.717, 1.165) is 5.56 Å². The van der Waals surface area contributed by atoms with Gasteiger partial charge in [0, 0.05) is 6.21 Å². The average Bonchev–Trinajstić information content (AvgIpc) is 2.17. The Morgan fingerprint density at radius 2 is 1.81 bits per heavy atom. The summed E-state index contributed by atoms with van der Waals surface area (Å²) in [5, 5.41) is 3.68. The van der Waals surface area contributed by atoms with Crippen molar-refractivity contribution in [3.63, 3.8) is 0 Å². The highest BCUT2D eigenvalue weighted by molar-refractivity contribution is 7.89. The SMILES string of the molecule is Cc1ccc(S(=O)(=O)N/N=C\C(C)C)cc1. The maximum Gasteiger partial charge on any atom is 0.276 e. The summed E-state index contributed by atoms with van der Waals surface area (Å²) in [5.74, 6) is 0.209. The van der Waals surface area contributed by atoms with Gasteiger partial charge in [0.1, 0.15) is 0 Å². The van der Waals surface area contributed by atoms with E-state index < -0.39 is 10.0 Å². The third kappa shape index (κ3) is 3.66. The van der Waals surface area contributed by atoms with E-state index in [2.05, 4.69) is 9.93 Å². The normalized spacial score (nSPS) is 12.2. The van der Waals surface area contributed by atoms with Gasteiger partial charge in [-0.2, -0.15) is 13.5 Å². The standard InChI is InChI=1S/C11H16N2O2S/c1-9(2)8-12-13-16(14,15)11-6-4-10(3)5-7-11/h4-9,13H,1-3H3/b12-8-. The van der Waals surface area contributed by atoms with Crippen LogP contribution in [0, 0.1) is 12.8 Å². The van der Waals surface area contributed by atoms with Crippen LogP contribution in [-0.4, -0.2) is 14.6 Å². The van der Waals surface area contributed by atoms with Crippen molar-refractivity contribution < 1.29 is 8.42 Å². The first-order chi connectivity index (χ1) is 7.42. The Kier molecular flexibility index (Phi) is 4.06. The Morgan fingerprint density at radius 1 is 1.25 bits per heavy atom. The average molecular weight is 240 g/mol.